The summed E-state index contributed by atoms with van der Waals surface area (Å²) in [6.45, 7) is 0.236. The molecule has 1 saturated carbocycles. The molecule has 1 heterocycles. The van der Waals surface area contributed by atoms with Crippen molar-refractivity contribution in [1.29, 1.82) is 0 Å². The van der Waals surface area contributed by atoms with Gasteiger partial charge in [-0.25, -0.2) is 4.79 Å². The van der Waals surface area contributed by atoms with E-state index in [2.05, 4.69) is 5.32 Å². The van der Waals surface area contributed by atoms with Crippen molar-refractivity contribution in [2.75, 3.05) is 13.7 Å². The third-order valence-electron chi connectivity index (χ3n) is 5.87. The molecule has 0 aromatic heterocycles. The van der Waals surface area contributed by atoms with Gasteiger partial charge < -0.3 is 20.1 Å². The summed E-state index contributed by atoms with van der Waals surface area (Å²) in [7, 11) is 1.49. The molecule has 2 N–H and O–H groups in total. The lowest BCUT2D eigenvalue weighted by Gasteiger charge is -2.34. The van der Waals surface area contributed by atoms with Crippen molar-refractivity contribution in [3.63, 3.8) is 0 Å². The molecule has 1 aromatic rings. The fourth-order valence-electron chi connectivity index (χ4n) is 4.48. The van der Waals surface area contributed by atoms with E-state index in [1.807, 2.05) is 18.2 Å². The zero-order chi connectivity index (χ0) is 20.1. The summed E-state index contributed by atoms with van der Waals surface area (Å²) in [5.41, 5.74) is 0.556. The summed E-state index contributed by atoms with van der Waals surface area (Å²) in [4.78, 5) is 39.4. The van der Waals surface area contributed by atoms with E-state index >= 15 is 0 Å². The molecule has 1 aliphatic carbocycles. The third-order valence-corrected chi connectivity index (χ3v) is 5.87. The summed E-state index contributed by atoms with van der Waals surface area (Å²) < 4.78 is 4.94. The van der Waals surface area contributed by atoms with Crippen LogP contribution in [0, 0.1) is 5.92 Å². The first-order valence-electron chi connectivity index (χ1n) is 9.92. The maximum Gasteiger partial charge on any atom is 0.326 e. The van der Waals surface area contributed by atoms with Crippen molar-refractivity contribution in [3.8, 4) is 0 Å². The Morgan fingerprint density at radius 2 is 1.93 bits per heavy atom. The van der Waals surface area contributed by atoms with Crippen LogP contribution in [-0.4, -0.2) is 59.6 Å². The maximum atomic E-state index is 13.2. The van der Waals surface area contributed by atoms with Crippen LogP contribution in [0.3, 0.4) is 0 Å². The Morgan fingerprint density at radius 3 is 2.61 bits per heavy atom. The fraction of sp³-hybridized carbons (Fsp3) is 0.571. The largest absolute Gasteiger partial charge is 0.480 e. The number of hydrogen-bond acceptors (Lipinski definition) is 4. The van der Waals surface area contributed by atoms with Gasteiger partial charge in [0.25, 0.3) is 5.91 Å². The molecule has 7 nitrogen and oxygen atoms in total. The normalized spacial score (nSPS) is 25.0. The average molecular weight is 388 g/mol. The van der Waals surface area contributed by atoms with Crippen LogP contribution >= 0.6 is 0 Å². The first kappa shape index (κ1) is 20.3. The Labute approximate surface area is 165 Å². The number of fused-ring (bicyclic) bond motifs is 1. The molecular weight excluding hydrogens is 360 g/mol. The monoisotopic (exact) mass is 388 g/mol. The van der Waals surface area contributed by atoms with Crippen molar-refractivity contribution in [1.82, 2.24) is 10.2 Å². The second-order valence-corrected chi connectivity index (χ2v) is 7.62. The summed E-state index contributed by atoms with van der Waals surface area (Å²) in [5.74, 6) is -1.35. The molecule has 1 saturated heterocycles. The van der Waals surface area contributed by atoms with Crippen molar-refractivity contribution in [2.24, 2.45) is 5.92 Å². The molecule has 2 amide bonds. The van der Waals surface area contributed by atoms with Gasteiger partial charge in [0.15, 0.2) is 0 Å². The first-order chi connectivity index (χ1) is 13.5. The molecule has 1 aliphatic heterocycles. The van der Waals surface area contributed by atoms with E-state index in [-0.39, 0.29) is 30.9 Å². The van der Waals surface area contributed by atoms with Gasteiger partial charge in [-0.1, -0.05) is 31.0 Å². The van der Waals surface area contributed by atoms with Gasteiger partial charge in [0.2, 0.25) is 5.91 Å². The number of nitrogens with zero attached hydrogens (tertiary/aromatic N) is 1. The smallest absolute Gasteiger partial charge is 0.326 e. The maximum absolute atomic E-state index is 13.2. The van der Waals surface area contributed by atoms with Crippen LogP contribution in [0.15, 0.2) is 30.3 Å². The summed E-state index contributed by atoms with van der Waals surface area (Å²) >= 11 is 0. The highest BCUT2D eigenvalue weighted by molar-refractivity contribution is 5.98. The summed E-state index contributed by atoms with van der Waals surface area (Å²) in [6.07, 6.45) is 4.81. The highest BCUT2D eigenvalue weighted by Gasteiger charge is 2.48. The van der Waals surface area contributed by atoms with Crippen LogP contribution < -0.4 is 5.32 Å². The molecule has 3 rings (SSSR count). The zero-order valence-electron chi connectivity index (χ0n) is 16.2. The molecule has 28 heavy (non-hydrogen) atoms. The van der Waals surface area contributed by atoms with E-state index in [4.69, 9.17) is 4.74 Å². The fourth-order valence-corrected chi connectivity index (χ4v) is 4.48. The number of methoxy groups -OCH3 is 1. The highest BCUT2D eigenvalue weighted by atomic mass is 16.5. The SMILES string of the molecule is COCCC(NC(=O)C1CC2CCCCC2N1C(=O)c1ccccc1)C(=O)O. The molecule has 0 spiro atoms. The number of aliphatic carboxylic acids is 1. The minimum atomic E-state index is -1.10. The number of ether oxygens (including phenoxy) is 1. The van der Waals surface area contributed by atoms with E-state index in [1.54, 1.807) is 17.0 Å². The average Bonchev–Trinajstić information content (AvgIpc) is 3.10. The number of carbonyl (C=O) groups is 3. The lowest BCUT2D eigenvalue weighted by molar-refractivity contribution is -0.143. The molecule has 2 aliphatic rings. The molecule has 4 unspecified atom stereocenters. The van der Waals surface area contributed by atoms with Gasteiger partial charge in [-0.3, -0.25) is 9.59 Å². The molecular formula is C21H28N2O5. The number of carboxylic acids is 1. The predicted octanol–water partition coefficient (Wildman–Crippen LogP) is 2.07. The van der Waals surface area contributed by atoms with Gasteiger partial charge >= 0.3 is 5.97 Å². The van der Waals surface area contributed by atoms with Crippen LogP contribution in [0.4, 0.5) is 0 Å². The number of amides is 2. The molecule has 2 fully saturated rings. The zero-order valence-corrected chi connectivity index (χ0v) is 16.2. The van der Waals surface area contributed by atoms with Crippen molar-refractivity contribution in [2.45, 2.75) is 56.7 Å². The second kappa shape index (κ2) is 9.19. The van der Waals surface area contributed by atoms with Crippen LogP contribution in [0.1, 0.15) is 48.9 Å². The van der Waals surface area contributed by atoms with Crippen LogP contribution in [0.5, 0.6) is 0 Å². The lowest BCUT2D eigenvalue weighted by Crippen LogP contribution is -2.53. The van der Waals surface area contributed by atoms with Gasteiger partial charge in [-0.05, 0) is 37.3 Å². The van der Waals surface area contributed by atoms with E-state index < -0.39 is 18.1 Å². The number of rotatable bonds is 7. The van der Waals surface area contributed by atoms with Crippen LogP contribution in [-0.2, 0) is 14.3 Å². The third kappa shape index (κ3) is 4.35. The van der Waals surface area contributed by atoms with Gasteiger partial charge in [0, 0.05) is 31.7 Å². The number of hydrogen-bond donors (Lipinski definition) is 2. The van der Waals surface area contributed by atoms with Crippen molar-refractivity contribution in [3.05, 3.63) is 35.9 Å². The molecule has 1 aromatic carbocycles. The van der Waals surface area contributed by atoms with Crippen molar-refractivity contribution >= 4 is 17.8 Å². The van der Waals surface area contributed by atoms with Crippen LogP contribution in [0.25, 0.3) is 0 Å². The Hall–Kier alpha value is -2.41. The minimum absolute atomic E-state index is 0.0412. The van der Waals surface area contributed by atoms with Gasteiger partial charge in [0.1, 0.15) is 12.1 Å². The van der Waals surface area contributed by atoms with Gasteiger partial charge in [0.05, 0.1) is 0 Å². The van der Waals surface area contributed by atoms with Crippen molar-refractivity contribution < 1.29 is 24.2 Å². The van der Waals surface area contributed by atoms with E-state index in [1.165, 1.54) is 7.11 Å². The molecule has 4 atom stereocenters. The Bertz CT molecular complexity index is 708. The second-order valence-electron chi connectivity index (χ2n) is 7.62. The molecule has 152 valence electrons. The van der Waals surface area contributed by atoms with Crippen LogP contribution in [0.2, 0.25) is 0 Å². The Morgan fingerprint density at radius 1 is 1.21 bits per heavy atom. The Balaban J connectivity index is 1.81. The number of carboxylic acid groups (broad SMARTS) is 1. The minimum Gasteiger partial charge on any atom is -0.480 e. The first-order valence-corrected chi connectivity index (χ1v) is 9.92. The van der Waals surface area contributed by atoms with E-state index in [0.717, 1.165) is 25.7 Å². The number of likely N-dealkylation sites (tertiary alicyclic amines) is 1. The summed E-state index contributed by atoms with van der Waals surface area (Å²) in [5, 5.41) is 12.0. The number of benzene rings is 1. The highest BCUT2D eigenvalue weighted by Crippen LogP contribution is 2.40. The van der Waals surface area contributed by atoms with E-state index in [9.17, 15) is 19.5 Å². The van der Waals surface area contributed by atoms with Gasteiger partial charge in [-0.2, -0.15) is 0 Å². The summed E-state index contributed by atoms with van der Waals surface area (Å²) in [6, 6.07) is 7.36. The van der Waals surface area contributed by atoms with E-state index in [0.29, 0.717) is 17.9 Å². The molecule has 0 radical (unpaired) electrons. The quantitative estimate of drug-likeness (QED) is 0.745. The lowest BCUT2D eigenvalue weighted by atomic mass is 9.84. The molecule has 7 heteroatoms. The molecule has 0 bridgehead atoms. The number of carbonyl (C=O) groups excluding carboxylic acids is 2. The van der Waals surface area contributed by atoms with Gasteiger partial charge in [-0.15, -0.1) is 0 Å². The standard InChI is InChI=1S/C21H28N2O5/c1-28-12-11-16(21(26)27)22-19(24)18-13-15-9-5-6-10-17(15)23(18)20(25)14-7-3-2-4-8-14/h2-4,7-8,15-18H,5-6,9-13H2,1H3,(H,22,24)(H,26,27). The Kier molecular flexibility index (Phi) is 6.67. The topological polar surface area (TPSA) is 95.9 Å². The predicted molar refractivity (Wildman–Crippen MR) is 103 cm³/mol. The number of nitrogens with one attached hydrogen (secondary N) is 1.